The van der Waals surface area contributed by atoms with Crippen LogP contribution in [0.2, 0.25) is 0 Å². The van der Waals surface area contributed by atoms with E-state index in [4.69, 9.17) is 0 Å². The van der Waals surface area contributed by atoms with Gasteiger partial charge in [0, 0.05) is 24.8 Å². The minimum Gasteiger partial charge on any atom is -0.383 e. The number of nitrogens with one attached hydrogen (secondary N) is 1. The number of alkyl halides is 1. The SMILES string of the molecule is CCCNc1ccc(F)cc1N1CC(CBr)CC1=O. The van der Waals surface area contributed by atoms with E-state index in [9.17, 15) is 9.18 Å². The molecule has 3 nitrogen and oxygen atoms in total. The van der Waals surface area contributed by atoms with Crippen LogP contribution in [0.5, 0.6) is 0 Å². The van der Waals surface area contributed by atoms with Crippen molar-refractivity contribution < 1.29 is 9.18 Å². The summed E-state index contributed by atoms with van der Waals surface area (Å²) in [6.07, 6.45) is 1.50. The molecule has 104 valence electrons. The van der Waals surface area contributed by atoms with Gasteiger partial charge in [-0.05, 0) is 30.5 Å². The van der Waals surface area contributed by atoms with E-state index in [-0.39, 0.29) is 11.7 Å². The molecule has 1 N–H and O–H groups in total. The molecule has 0 aromatic heterocycles. The summed E-state index contributed by atoms with van der Waals surface area (Å²) >= 11 is 3.41. The van der Waals surface area contributed by atoms with Crippen LogP contribution >= 0.6 is 15.9 Å². The molecule has 1 amide bonds. The molecular formula is C14H18BrFN2O. The first kappa shape index (κ1) is 14.3. The Kier molecular flexibility index (Phi) is 4.80. The Morgan fingerprint density at radius 1 is 1.53 bits per heavy atom. The maximum absolute atomic E-state index is 13.5. The molecule has 1 aromatic carbocycles. The second-order valence-electron chi connectivity index (χ2n) is 4.82. The molecular weight excluding hydrogens is 311 g/mol. The fraction of sp³-hybridized carbons (Fsp3) is 0.500. The number of carbonyl (C=O) groups is 1. The monoisotopic (exact) mass is 328 g/mol. The Morgan fingerprint density at radius 3 is 2.95 bits per heavy atom. The van der Waals surface area contributed by atoms with Gasteiger partial charge in [-0.3, -0.25) is 4.79 Å². The number of halogens is 2. The summed E-state index contributed by atoms with van der Waals surface area (Å²) in [4.78, 5) is 13.7. The van der Waals surface area contributed by atoms with Crippen LogP contribution in [0.15, 0.2) is 18.2 Å². The zero-order valence-corrected chi connectivity index (χ0v) is 12.5. The van der Waals surface area contributed by atoms with Crippen LogP contribution in [0.4, 0.5) is 15.8 Å². The topological polar surface area (TPSA) is 32.3 Å². The minimum absolute atomic E-state index is 0.0644. The molecule has 1 fully saturated rings. The predicted molar refractivity (Wildman–Crippen MR) is 79.4 cm³/mol. The molecule has 0 aliphatic carbocycles. The summed E-state index contributed by atoms with van der Waals surface area (Å²) in [5, 5.41) is 4.04. The molecule has 1 heterocycles. The average molecular weight is 329 g/mol. The smallest absolute Gasteiger partial charge is 0.227 e. The van der Waals surface area contributed by atoms with Crippen molar-refractivity contribution >= 4 is 33.2 Å². The molecule has 19 heavy (non-hydrogen) atoms. The second-order valence-corrected chi connectivity index (χ2v) is 5.46. The van der Waals surface area contributed by atoms with Crippen LogP contribution in [0.25, 0.3) is 0 Å². The van der Waals surface area contributed by atoms with E-state index in [1.807, 2.05) is 0 Å². The summed E-state index contributed by atoms with van der Waals surface area (Å²) < 4.78 is 13.5. The van der Waals surface area contributed by atoms with Gasteiger partial charge in [-0.25, -0.2) is 4.39 Å². The lowest BCUT2D eigenvalue weighted by atomic mass is 10.2. The number of amides is 1. The van der Waals surface area contributed by atoms with E-state index in [1.54, 1.807) is 11.0 Å². The largest absolute Gasteiger partial charge is 0.383 e. The number of hydrogen-bond donors (Lipinski definition) is 1. The van der Waals surface area contributed by atoms with Gasteiger partial charge in [-0.1, -0.05) is 22.9 Å². The molecule has 1 aliphatic heterocycles. The van der Waals surface area contributed by atoms with E-state index in [1.165, 1.54) is 12.1 Å². The molecule has 0 bridgehead atoms. The third kappa shape index (κ3) is 3.26. The molecule has 1 aliphatic rings. The van der Waals surface area contributed by atoms with Gasteiger partial charge in [0.05, 0.1) is 11.4 Å². The van der Waals surface area contributed by atoms with Crippen LogP contribution in [-0.4, -0.2) is 24.3 Å². The Morgan fingerprint density at radius 2 is 2.32 bits per heavy atom. The van der Waals surface area contributed by atoms with E-state index in [2.05, 4.69) is 28.2 Å². The van der Waals surface area contributed by atoms with Gasteiger partial charge in [-0.15, -0.1) is 0 Å². The minimum atomic E-state index is -0.313. The first-order valence-corrected chi connectivity index (χ1v) is 7.67. The lowest BCUT2D eigenvalue weighted by Gasteiger charge is -2.21. The van der Waals surface area contributed by atoms with Crippen LogP contribution in [0.1, 0.15) is 19.8 Å². The van der Waals surface area contributed by atoms with Crippen LogP contribution in [0, 0.1) is 11.7 Å². The fourth-order valence-corrected chi connectivity index (χ4v) is 2.69. The van der Waals surface area contributed by atoms with Gasteiger partial charge < -0.3 is 10.2 Å². The first-order chi connectivity index (χ1) is 9.15. The standard InChI is InChI=1S/C14H18BrFN2O/c1-2-5-17-12-4-3-11(16)7-13(12)18-9-10(8-15)6-14(18)19/h3-4,7,10,17H,2,5-6,8-9H2,1H3. The van der Waals surface area contributed by atoms with E-state index >= 15 is 0 Å². The van der Waals surface area contributed by atoms with Crippen molar-refractivity contribution in [2.24, 2.45) is 5.92 Å². The summed E-state index contributed by atoms with van der Waals surface area (Å²) in [6, 6.07) is 4.56. The van der Waals surface area contributed by atoms with Gasteiger partial charge >= 0.3 is 0 Å². The number of benzene rings is 1. The highest BCUT2D eigenvalue weighted by molar-refractivity contribution is 9.09. The maximum atomic E-state index is 13.5. The highest BCUT2D eigenvalue weighted by Crippen LogP contribution is 2.32. The molecule has 2 rings (SSSR count). The first-order valence-electron chi connectivity index (χ1n) is 6.55. The van der Waals surface area contributed by atoms with Crippen molar-refractivity contribution in [3.8, 4) is 0 Å². The maximum Gasteiger partial charge on any atom is 0.227 e. The summed E-state index contributed by atoms with van der Waals surface area (Å²) in [5.74, 6) is 0.0523. The second kappa shape index (κ2) is 6.37. The Hall–Kier alpha value is -1.10. The van der Waals surface area contributed by atoms with Crippen LogP contribution < -0.4 is 10.2 Å². The molecule has 1 atom stereocenters. The van der Waals surface area contributed by atoms with E-state index in [0.29, 0.717) is 24.6 Å². The zero-order chi connectivity index (χ0) is 13.8. The molecule has 0 radical (unpaired) electrons. The number of anilines is 2. The van der Waals surface area contributed by atoms with Crippen molar-refractivity contribution in [1.82, 2.24) is 0 Å². The average Bonchev–Trinajstić information content (AvgIpc) is 2.78. The number of nitrogens with zero attached hydrogens (tertiary/aromatic N) is 1. The zero-order valence-electron chi connectivity index (χ0n) is 11.0. The molecule has 1 saturated heterocycles. The van der Waals surface area contributed by atoms with Crippen molar-refractivity contribution in [2.75, 3.05) is 28.6 Å². The third-order valence-electron chi connectivity index (χ3n) is 3.24. The molecule has 5 heteroatoms. The molecule has 0 saturated carbocycles. The Labute approximate surface area is 121 Å². The highest BCUT2D eigenvalue weighted by atomic mass is 79.9. The predicted octanol–water partition coefficient (Wildman–Crippen LogP) is 3.40. The fourth-order valence-electron chi connectivity index (χ4n) is 2.26. The Bertz CT molecular complexity index is 467. The van der Waals surface area contributed by atoms with E-state index < -0.39 is 0 Å². The van der Waals surface area contributed by atoms with Gasteiger partial charge in [0.15, 0.2) is 0 Å². The Balaban J connectivity index is 2.27. The van der Waals surface area contributed by atoms with Crippen molar-refractivity contribution in [1.29, 1.82) is 0 Å². The van der Waals surface area contributed by atoms with Crippen molar-refractivity contribution in [2.45, 2.75) is 19.8 Å². The van der Waals surface area contributed by atoms with Gasteiger partial charge in [0.1, 0.15) is 5.82 Å². The van der Waals surface area contributed by atoms with Gasteiger partial charge in [-0.2, -0.15) is 0 Å². The van der Waals surface area contributed by atoms with Crippen LogP contribution in [-0.2, 0) is 4.79 Å². The normalized spacial score (nSPS) is 19.0. The quantitative estimate of drug-likeness (QED) is 0.840. The summed E-state index contributed by atoms with van der Waals surface area (Å²) in [5.41, 5.74) is 1.48. The summed E-state index contributed by atoms with van der Waals surface area (Å²) in [6.45, 7) is 3.52. The van der Waals surface area contributed by atoms with Crippen molar-refractivity contribution in [3.63, 3.8) is 0 Å². The third-order valence-corrected chi connectivity index (χ3v) is 4.16. The van der Waals surface area contributed by atoms with Crippen molar-refractivity contribution in [3.05, 3.63) is 24.0 Å². The van der Waals surface area contributed by atoms with Gasteiger partial charge in [0.25, 0.3) is 0 Å². The molecule has 1 aromatic rings. The van der Waals surface area contributed by atoms with Gasteiger partial charge in [0.2, 0.25) is 5.91 Å². The molecule has 1 unspecified atom stereocenters. The number of hydrogen-bond acceptors (Lipinski definition) is 2. The lowest BCUT2D eigenvalue weighted by Crippen LogP contribution is -2.26. The molecule has 0 spiro atoms. The highest BCUT2D eigenvalue weighted by Gasteiger charge is 2.31. The van der Waals surface area contributed by atoms with Crippen LogP contribution in [0.3, 0.4) is 0 Å². The lowest BCUT2D eigenvalue weighted by molar-refractivity contribution is -0.117. The summed E-state index contributed by atoms with van der Waals surface area (Å²) in [7, 11) is 0. The van der Waals surface area contributed by atoms with E-state index in [0.717, 1.165) is 24.0 Å². The number of carbonyl (C=O) groups excluding carboxylic acids is 1. The number of rotatable bonds is 5.